The Labute approximate surface area is 123 Å². The van der Waals surface area contributed by atoms with Gasteiger partial charge in [0, 0.05) is 5.56 Å². The van der Waals surface area contributed by atoms with Crippen LogP contribution in [0.25, 0.3) is 0 Å². The van der Waals surface area contributed by atoms with E-state index in [0.29, 0.717) is 11.3 Å². The molecule has 6 nitrogen and oxygen atoms in total. The number of nitrogens with one attached hydrogen (secondary N) is 1. The Kier molecular flexibility index (Phi) is 6.39. The third kappa shape index (κ3) is 5.64. The highest BCUT2D eigenvalue weighted by Crippen LogP contribution is 2.11. The molecule has 1 aromatic rings. The van der Waals surface area contributed by atoms with Crippen LogP contribution in [0.2, 0.25) is 0 Å². The van der Waals surface area contributed by atoms with Crippen LogP contribution >= 0.6 is 0 Å². The monoisotopic (exact) mass is 293 g/mol. The van der Waals surface area contributed by atoms with Crippen LogP contribution < -0.4 is 10.1 Å². The van der Waals surface area contributed by atoms with Gasteiger partial charge in [0.1, 0.15) is 18.1 Å². The van der Waals surface area contributed by atoms with Crippen molar-refractivity contribution in [3.63, 3.8) is 0 Å². The summed E-state index contributed by atoms with van der Waals surface area (Å²) in [6.45, 7) is 3.59. The van der Waals surface area contributed by atoms with E-state index in [4.69, 9.17) is 9.84 Å². The summed E-state index contributed by atoms with van der Waals surface area (Å²) in [4.78, 5) is 33.1. The quantitative estimate of drug-likeness (QED) is 0.708. The van der Waals surface area contributed by atoms with Gasteiger partial charge in [-0.3, -0.25) is 9.59 Å². The summed E-state index contributed by atoms with van der Waals surface area (Å²) in [5.74, 6) is -1.07. The minimum Gasteiger partial charge on any atom is -0.493 e. The zero-order valence-electron chi connectivity index (χ0n) is 12.0. The first-order valence-electron chi connectivity index (χ1n) is 6.64. The zero-order chi connectivity index (χ0) is 15.8. The Morgan fingerprint density at radius 1 is 1.29 bits per heavy atom. The average molecular weight is 293 g/mol. The van der Waals surface area contributed by atoms with Gasteiger partial charge in [-0.05, 0) is 30.2 Å². The molecule has 0 saturated heterocycles. The third-order valence-electron chi connectivity index (χ3n) is 2.86. The summed E-state index contributed by atoms with van der Waals surface area (Å²) in [5.41, 5.74) is 0.543. The molecular formula is C15H19NO5. The number of carbonyl (C=O) groups is 3. The topological polar surface area (TPSA) is 92.7 Å². The van der Waals surface area contributed by atoms with Crippen molar-refractivity contribution < 1.29 is 24.2 Å². The number of carboxylic acids is 1. The van der Waals surface area contributed by atoms with Gasteiger partial charge in [0.25, 0.3) is 0 Å². The summed E-state index contributed by atoms with van der Waals surface area (Å²) in [6, 6.07) is 5.60. The maximum atomic E-state index is 11.7. The molecule has 0 heterocycles. The summed E-state index contributed by atoms with van der Waals surface area (Å²) in [5, 5.41) is 11.4. The van der Waals surface area contributed by atoms with Gasteiger partial charge in [0.2, 0.25) is 5.91 Å². The molecule has 6 heteroatoms. The Hall–Kier alpha value is -2.37. The molecular weight excluding hydrogens is 274 g/mol. The Morgan fingerprint density at radius 2 is 1.90 bits per heavy atom. The van der Waals surface area contributed by atoms with Crippen LogP contribution in [0.1, 0.15) is 30.6 Å². The summed E-state index contributed by atoms with van der Waals surface area (Å²) in [7, 11) is 0. The van der Waals surface area contributed by atoms with Crippen molar-refractivity contribution >= 4 is 18.2 Å². The van der Waals surface area contributed by atoms with Gasteiger partial charge in [-0.2, -0.15) is 0 Å². The molecule has 0 bridgehead atoms. The predicted octanol–water partition coefficient (Wildman–Crippen LogP) is 1.49. The first kappa shape index (κ1) is 16.7. The average Bonchev–Trinajstić information content (AvgIpc) is 2.45. The first-order valence-corrected chi connectivity index (χ1v) is 6.64. The second-order valence-electron chi connectivity index (χ2n) is 4.91. The van der Waals surface area contributed by atoms with Crippen molar-refractivity contribution in [2.75, 3.05) is 6.61 Å². The lowest BCUT2D eigenvalue weighted by Gasteiger charge is -2.17. The van der Waals surface area contributed by atoms with Gasteiger partial charge in [0.15, 0.2) is 0 Å². The highest BCUT2D eigenvalue weighted by Gasteiger charge is 2.23. The number of benzene rings is 1. The van der Waals surface area contributed by atoms with Crippen LogP contribution in [0.4, 0.5) is 0 Å². The molecule has 1 amide bonds. The van der Waals surface area contributed by atoms with Crippen molar-refractivity contribution in [2.45, 2.75) is 26.3 Å². The lowest BCUT2D eigenvalue weighted by Crippen LogP contribution is -2.44. The maximum absolute atomic E-state index is 11.7. The van der Waals surface area contributed by atoms with Crippen LogP contribution in [0.3, 0.4) is 0 Å². The van der Waals surface area contributed by atoms with E-state index in [2.05, 4.69) is 5.32 Å². The van der Waals surface area contributed by atoms with Crippen LogP contribution in [0.15, 0.2) is 24.3 Å². The fourth-order valence-electron chi connectivity index (χ4n) is 1.66. The number of aldehydes is 1. The largest absolute Gasteiger partial charge is 0.493 e. The summed E-state index contributed by atoms with van der Waals surface area (Å²) < 4.78 is 5.35. The molecule has 1 rings (SSSR count). The van der Waals surface area contributed by atoms with E-state index < -0.39 is 12.0 Å². The first-order chi connectivity index (χ1) is 9.93. The Bertz CT molecular complexity index is 495. The molecule has 114 valence electrons. The number of aliphatic carboxylic acids is 1. The standard InChI is InChI=1S/C15H19NO5/c1-10(2)14(15(19)20)16-13(18)7-8-21-12-5-3-11(9-17)4-6-12/h3-6,9-10,14H,7-8H2,1-2H3,(H,16,18)(H,19,20). The predicted molar refractivity (Wildman–Crippen MR) is 76.3 cm³/mol. The van der Waals surface area contributed by atoms with E-state index in [0.717, 1.165) is 6.29 Å². The van der Waals surface area contributed by atoms with Gasteiger partial charge < -0.3 is 15.2 Å². The van der Waals surface area contributed by atoms with Crippen LogP contribution in [0, 0.1) is 5.92 Å². The van der Waals surface area contributed by atoms with Crippen molar-refractivity contribution in [1.29, 1.82) is 0 Å². The summed E-state index contributed by atoms with van der Waals surface area (Å²) >= 11 is 0. The zero-order valence-corrected chi connectivity index (χ0v) is 12.0. The lowest BCUT2D eigenvalue weighted by molar-refractivity contribution is -0.143. The van der Waals surface area contributed by atoms with E-state index in [1.165, 1.54) is 0 Å². The van der Waals surface area contributed by atoms with Crippen molar-refractivity contribution in [1.82, 2.24) is 5.32 Å². The number of hydrogen-bond donors (Lipinski definition) is 2. The fourth-order valence-corrected chi connectivity index (χ4v) is 1.66. The molecule has 1 aromatic carbocycles. The molecule has 21 heavy (non-hydrogen) atoms. The lowest BCUT2D eigenvalue weighted by atomic mass is 10.0. The number of ether oxygens (including phenoxy) is 1. The normalized spacial score (nSPS) is 11.8. The number of rotatable bonds is 8. The van der Waals surface area contributed by atoms with Gasteiger partial charge >= 0.3 is 5.97 Å². The van der Waals surface area contributed by atoms with Crippen molar-refractivity contribution in [3.05, 3.63) is 29.8 Å². The minimum absolute atomic E-state index is 0.0614. The second-order valence-corrected chi connectivity index (χ2v) is 4.91. The van der Waals surface area contributed by atoms with E-state index in [1.807, 2.05) is 0 Å². The van der Waals surface area contributed by atoms with Gasteiger partial charge in [-0.15, -0.1) is 0 Å². The molecule has 0 aliphatic carbocycles. The molecule has 1 unspecified atom stereocenters. The SMILES string of the molecule is CC(C)C(NC(=O)CCOc1ccc(C=O)cc1)C(=O)O. The molecule has 0 aliphatic rings. The van der Waals surface area contributed by atoms with Crippen LogP contribution in [-0.2, 0) is 9.59 Å². The van der Waals surface area contributed by atoms with E-state index in [1.54, 1.807) is 38.1 Å². The number of amides is 1. The van der Waals surface area contributed by atoms with E-state index in [9.17, 15) is 14.4 Å². The highest BCUT2D eigenvalue weighted by molar-refractivity contribution is 5.83. The van der Waals surface area contributed by atoms with E-state index >= 15 is 0 Å². The molecule has 2 N–H and O–H groups in total. The third-order valence-corrected chi connectivity index (χ3v) is 2.86. The summed E-state index contributed by atoms with van der Waals surface area (Å²) in [6.07, 6.45) is 0.793. The Balaban J connectivity index is 2.38. The number of carboxylic acid groups (broad SMARTS) is 1. The van der Waals surface area contributed by atoms with Crippen LogP contribution in [-0.4, -0.2) is 35.9 Å². The molecule has 0 saturated carbocycles. The molecule has 0 aromatic heterocycles. The van der Waals surface area contributed by atoms with Crippen molar-refractivity contribution in [3.8, 4) is 5.75 Å². The minimum atomic E-state index is -1.05. The molecule has 0 radical (unpaired) electrons. The van der Waals surface area contributed by atoms with E-state index in [-0.39, 0.29) is 24.9 Å². The fraction of sp³-hybridized carbons (Fsp3) is 0.400. The molecule has 0 spiro atoms. The maximum Gasteiger partial charge on any atom is 0.326 e. The Morgan fingerprint density at radius 3 is 2.38 bits per heavy atom. The highest BCUT2D eigenvalue weighted by atomic mass is 16.5. The molecule has 0 aliphatic heterocycles. The molecule has 0 fully saturated rings. The smallest absolute Gasteiger partial charge is 0.326 e. The van der Waals surface area contributed by atoms with Gasteiger partial charge in [0.05, 0.1) is 13.0 Å². The second kappa shape index (κ2) is 8.04. The molecule has 1 atom stereocenters. The number of carbonyl (C=O) groups excluding carboxylic acids is 2. The number of hydrogen-bond acceptors (Lipinski definition) is 4. The van der Waals surface area contributed by atoms with Crippen LogP contribution in [0.5, 0.6) is 5.75 Å². The van der Waals surface area contributed by atoms with Gasteiger partial charge in [-0.1, -0.05) is 13.8 Å². The van der Waals surface area contributed by atoms with Crippen molar-refractivity contribution in [2.24, 2.45) is 5.92 Å². The van der Waals surface area contributed by atoms with Gasteiger partial charge in [-0.25, -0.2) is 4.79 Å².